The van der Waals surface area contributed by atoms with Crippen molar-refractivity contribution in [3.8, 4) is 0 Å². The second-order valence-corrected chi connectivity index (χ2v) is 9.99. The van der Waals surface area contributed by atoms with E-state index in [1.165, 1.54) is 12.1 Å². The molecule has 0 unspecified atom stereocenters. The molecule has 0 saturated heterocycles. The van der Waals surface area contributed by atoms with E-state index in [2.05, 4.69) is 0 Å². The van der Waals surface area contributed by atoms with Gasteiger partial charge in [0.1, 0.15) is 0 Å². The molecule has 36 heavy (non-hydrogen) atoms. The smallest absolute Gasteiger partial charge is 0.336 e. The minimum atomic E-state index is -1.10. The minimum absolute atomic E-state index is 0.0834. The fourth-order valence-electron chi connectivity index (χ4n) is 4.04. The minimum Gasteiger partial charge on any atom is -0.478 e. The lowest BCUT2D eigenvalue weighted by Gasteiger charge is -2.23. The number of carbonyl (C=O) groups is 4. The third kappa shape index (κ3) is 4.10. The maximum atomic E-state index is 13.7. The van der Waals surface area contributed by atoms with Crippen LogP contribution in [0.15, 0.2) is 105 Å². The van der Waals surface area contributed by atoms with E-state index in [9.17, 15) is 29.4 Å². The van der Waals surface area contributed by atoms with Crippen LogP contribution in [0.4, 0.5) is 0 Å². The largest absolute Gasteiger partial charge is 0.478 e. The molecular weight excluding hydrogens is 496 g/mol. The third-order valence-corrected chi connectivity index (χ3v) is 7.95. The number of carbonyl (C=O) groups excluding carboxylic acids is 2. The Morgan fingerprint density at radius 2 is 0.861 bits per heavy atom. The Hall–Kier alpha value is -4.14. The fourth-order valence-corrected chi connectivity index (χ4v) is 6.20. The molecule has 1 aliphatic carbocycles. The van der Waals surface area contributed by atoms with Crippen LogP contribution < -0.4 is 0 Å². The lowest BCUT2D eigenvalue weighted by Crippen LogP contribution is -2.22. The maximum Gasteiger partial charge on any atom is 0.336 e. The quantitative estimate of drug-likeness (QED) is 0.278. The molecule has 2 N–H and O–H groups in total. The van der Waals surface area contributed by atoms with Crippen molar-refractivity contribution >= 4 is 47.0 Å². The van der Waals surface area contributed by atoms with Gasteiger partial charge in [0.05, 0.1) is 11.1 Å². The Kier molecular flexibility index (Phi) is 6.22. The van der Waals surface area contributed by atoms with Crippen LogP contribution in [0.3, 0.4) is 0 Å². The van der Waals surface area contributed by atoms with Gasteiger partial charge in [-0.3, -0.25) is 9.59 Å². The van der Waals surface area contributed by atoms with Crippen molar-refractivity contribution in [1.29, 1.82) is 0 Å². The monoisotopic (exact) mass is 512 g/mol. The van der Waals surface area contributed by atoms with Crippen molar-refractivity contribution in [2.24, 2.45) is 0 Å². The molecule has 1 aliphatic rings. The van der Waals surface area contributed by atoms with Gasteiger partial charge < -0.3 is 10.2 Å². The predicted octanol–water partition coefficient (Wildman–Crippen LogP) is 6.16. The molecule has 8 heteroatoms. The molecule has 6 nitrogen and oxygen atoms in total. The van der Waals surface area contributed by atoms with Crippen LogP contribution in [-0.2, 0) is 0 Å². The zero-order chi connectivity index (χ0) is 25.4. The Morgan fingerprint density at radius 3 is 1.25 bits per heavy atom. The summed E-state index contributed by atoms with van der Waals surface area (Å²) in [6, 6.07) is 22.8. The van der Waals surface area contributed by atoms with Crippen LogP contribution >= 0.6 is 23.5 Å². The summed E-state index contributed by atoms with van der Waals surface area (Å²) < 4.78 is 0. The van der Waals surface area contributed by atoms with Crippen molar-refractivity contribution in [2.75, 3.05) is 0 Å². The van der Waals surface area contributed by atoms with Gasteiger partial charge in [-0.1, -0.05) is 72.1 Å². The standard InChI is InChI=1S/C28H16O6S2/c29-25-15-7-1-2-8-16(15)26(30)24-22(36-20-12-6-4-10-18(20)28(33)34)14-13-21(23(24)25)35-19-11-5-3-9-17(19)27(31)32/h1-14H,(H,31,32)(H,33,34). The molecule has 0 saturated carbocycles. The van der Waals surface area contributed by atoms with Gasteiger partial charge in [-0.2, -0.15) is 0 Å². The highest BCUT2D eigenvalue weighted by Crippen LogP contribution is 2.44. The van der Waals surface area contributed by atoms with Gasteiger partial charge in [-0.25, -0.2) is 9.59 Å². The molecule has 0 heterocycles. The van der Waals surface area contributed by atoms with Crippen molar-refractivity contribution in [1.82, 2.24) is 0 Å². The highest BCUT2D eigenvalue weighted by atomic mass is 32.2. The highest BCUT2D eigenvalue weighted by Gasteiger charge is 2.34. The molecule has 176 valence electrons. The molecule has 0 atom stereocenters. The topological polar surface area (TPSA) is 109 Å². The van der Waals surface area contributed by atoms with E-state index in [0.29, 0.717) is 19.6 Å². The van der Waals surface area contributed by atoms with Crippen LogP contribution in [-0.4, -0.2) is 33.7 Å². The average Bonchev–Trinajstić information content (AvgIpc) is 2.88. The predicted molar refractivity (Wildman–Crippen MR) is 135 cm³/mol. The normalized spacial score (nSPS) is 12.1. The summed E-state index contributed by atoms with van der Waals surface area (Å²) in [5.74, 6) is -2.89. The van der Waals surface area contributed by atoms with Gasteiger partial charge >= 0.3 is 11.9 Å². The van der Waals surface area contributed by atoms with Gasteiger partial charge in [-0.05, 0) is 36.4 Å². The van der Waals surface area contributed by atoms with E-state index < -0.39 is 11.9 Å². The number of rotatable bonds is 6. The summed E-state index contributed by atoms with van der Waals surface area (Å²) in [4.78, 5) is 52.6. The Bertz CT molecular complexity index is 1470. The van der Waals surface area contributed by atoms with Crippen LogP contribution in [0.5, 0.6) is 0 Å². The van der Waals surface area contributed by atoms with E-state index in [1.807, 2.05) is 0 Å². The summed E-state index contributed by atoms with van der Waals surface area (Å²) in [5, 5.41) is 19.2. The molecule has 0 aliphatic heterocycles. The van der Waals surface area contributed by atoms with E-state index in [4.69, 9.17) is 0 Å². The maximum absolute atomic E-state index is 13.7. The van der Waals surface area contributed by atoms with E-state index in [0.717, 1.165) is 23.5 Å². The van der Waals surface area contributed by atoms with Crippen molar-refractivity contribution in [2.45, 2.75) is 19.6 Å². The van der Waals surface area contributed by atoms with E-state index in [-0.39, 0.29) is 44.9 Å². The number of hydrogen-bond donors (Lipinski definition) is 2. The number of carboxylic acids is 2. The van der Waals surface area contributed by atoms with Crippen molar-refractivity contribution in [3.05, 3.63) is 118 Å². The van der Waals surface area contributed by atoms with Gasteiger partial charge in [0, 0.05) is 41.8 Å². The molecule has 4 aromatic carbocycles. The van der Waals surface area contributed by atoms with Crippen LogP contribution in [0.1, 0.15) is 52.6 Å². The number of carboxylic acid groups (broad SMARTS) is 2. The van der Waals surface area contributed by atoms with Gasteiger partial charge in [0.25, 0.3) is 0 Å². The number of fused-ring (bicyclic) bond motifs is 2. The Labute approximate surface area is 214 Å². The van der Waals surface area contributed by atoms with E-state index >= 15 is 0 Å². The number of ketones is 2. The average molecular weight is 513 g/mol. The summed E-state index contributed by atoms with van der Waals surface area (Å²) >= 11 is 2.21. The third-order valence-electron chi connectivity index (χ3n) is 5.67. The van der Waals surface area contributed by atoms with Gasteiger partial charge in [0.2, 0.25) is 0 Å². The molecule has 0 aromatic heterocycles. The first-order chi connectivity index (χ1) is 17.4. The summed E-state index contributed by atoms with van der Waals surface area (Å²) in [7, 11) is 0. The second-order valence-electron chi connectivity index (χ2n) is 7.82. The van der Waals surface area contributed by atoms with Crippen LogP contribution in [0.25, 0.3) is 0 Å². The summed E-state index contributed by atoms with van der Waals surface area (Å²) in [5.41, 5.74) is 1.08. The zero-order valence-corrected chi connectivity index (χ0v) is 20.1. The van der Waals surface area contributed by atoms with Crippen LogP contribution in [0.2, 0.25) is 0 Å². The number of hydrogen-bond acceptors (Lipinski definition) is 6. The summed E-state index contributed by atoms with van der Waals surface area (Å²) in [6.45, 7) is 0. The second kappa shape index (κ2) is 9.49. The fraction of sp³-hybridized carbons (Fsp3) is 0. The molecule has 0 amide bonds. The lowest BCUT2D eigenvalue weighted by atomic mass is 9.84. The van der Waals surface area contributed by atoms with Gasteiger partial charge in [-0.15, -0.1) is 0 Å². The molecule has 4 aromatic rings. The molecule has 0 fully saturated rings. The molecule has 0 spiro atoms. The van der Waals surface area contributed by atoms with Crippen LogP contribution in [0, 0.1) is 0 Å². The number of benzene rings is 4. The SMILES string of the molecule is O=C(O)c1ccccc1Sc1ccc(Sc2ccccc2C(=O)O)c2c1C(=O)c1ccccc1C2=O. The highest BCUT2D eigenvalue weighted by molar-refractivity contribution is 8.00. The molecule has 0 bridgehead atoms. The Morgan fingerprint density at radius 1 is 0.500 bits per heavy atom. The number of aromatic carboxylic acids is 2. The molecule has 0 radical (unpaired) electrons. The molecule has 5 rings (SSSR count). The zero-order valence-electron chi connectivity index (χ0n) is 18.4. The first-order valence-electron chi connectivity index (χ1n) is 10.7. The lowest BCUT2D eigenvalue weighted by molar-refractivity contribution is 0.0682. The Balaban J connectivity index is 1.70. The summed E-state index contributed by atoms with van der Waals surface area (Å²) in [6.07, 6.45) is 0. The van der Waals surface area contributed by atoms with E-state index in [1.54, 1.807) is 72.8 Å². The first-order valence-corrected chi connectivity index (χ1v) is 12.4. The van der Waals surface area contributed by atoms with Crippen molar-refractivity contribution < 1.29 is 29.4 Å². The van der Waals surface area contributed by atoms with Gasteiger partial charge in [0.15, 0.2) is 11.6 Å². The van der Waals surface area contributed by atoms with Crippen molar-refractivity contribution in [3.63, 3.8) is 0 Å². The molecular formula is C28H16O6S2. The first kappa shape index (κ1) is 23.6.